The van der Waals surface area contributed by atoms with E-state index < -0.39 is 0 Å². The van der Waals surface area contributed by atoms with Crippen LogP contribution in [-0.4, -0.2) is 23.3 Å². The van der Waals surface area contributed by atoms with Crippen LogP contribution < -0.4 is 0 Å². The number of ether oxygens (including phenoxy) is 1. The lowest BCUT2D eigenvalue weighted by Gasteiger charge is -2.59. The number of fused-ring (bicyclic) bond motifs is 5. The van der Waals surface area contributed by atoms with Gasteiger partial charge in [-0.3, -0.25) is 4.79 Å². The van der Waals surface area contributed by atoms with Crippen molar-refractivity contribution in [3.05, 3.63) is 0 Å². The molecule has 4 fully saturated rings. The lowest BCUT2D eigenvalue weighted by Crippen LogP contribution is -2.56. The minimum absolute atomic E-state index is 0.00728. The van der Waals surface area contributed by atoms with Crippen molar-refractivity contribution in [1.82, 2.24) is 0 Å². The molecule has 7 atom stereocenters. The molecule has 0 aromatic carbocycles. The Bertz CT molecular complexity index is 461. The van der Waals surface area contributed by atoms with Gasteiger partial charge in [-0.1, -0.05) is 13.8 Å². The van der Waals surface area contributed by atoms with Crippen molar-refractivity contribution >= 4 is 5.97 Å². The summed E-state index contributed by atoms with van der Waals surface area (Å²) >= 11 is 0. The minimum Gasteiger partial charge on any atom is -0.462 e. The number of carbonyl (C=O) groups is 1. The monoisotopic (exact) mass is 292 g/mol. The van der Waals surface area contributed by atoms with Crippen molar-refractivity contribution < 1.29 is 14.6 Å². The van der Waals surface area contributed by atoms with Gasteiger partial charge in [0, 0.05) is 11.8 Å². The van der Waals surface area contributed by atoms with Gasteiger partial charge in [-0.25, -0.2) is 0 Å². The summed E-state index contributed by atoms with van der Waals surface area (Å²) in [6.07, 6.45) is 8.41. The predicted octanol–water partition coefficient (Wildman–Crippen LogP) is 3.30. The van der Waals surface area contributed by atoms with Gasteiger partial charge in [0.15, 0.2) is 0 Å². The van der Waals surface area contributed by atoms with E-state index in [1.54, 1.807) is 0 Å². The molecule has 4 aliphatic rings. The van der Waals surface area contributed by atoms with Crippen LogP contribution in [0.4, 0.5) is 0 Å². The number of rotatable bonds is 0. The summed E-state index contributed by atoms with van der Waals surface area (Å²) in [4.78, 5) is 11.6. The van der Waals surface area contributed by atoms with Crippen LogP contribution in [0.15, 0.2) is 0 Å². The maximum atomic E-state index is 11.6. The average Bonchev–Trinajstić information content (AvgIpc) is 2.76. The van der Waals surface area contributed by atoms with Crippen molar-refractivity contribution in [1.29, 1.82) is 0 Å². The number of esters is 1. The molecular formula is C18H28O3. The van der Waals surface area contributed by atoms with Crippen molar-refractivity contribution in [3.63, 3.8) is 0 Å². The maximum Gasteiger partial charge on any atom is 0.306 e. The maximum absolute atomic E-state index is 11.6. The van der Waals surface area contributed by atoms with Gasteiger partial charge in [-0.15, -0.1) is 0 Å². The molecule has 3 saturated carbocycles. The van der Waals surface area contributed by atoms with Gasteiger partial charge in [-0.2, -0.15) is 0 Å². The summed E-state index contributed by atoms with van der Waals surface area (Å²) in [5, 5.41) is 10.4. The lowest BCUT2D eigenvalue weighted by molar-refractivity contribution is -0.193. The third-order valence-electron chi connectivity index (χ3n) is 7.87. The first-order valence-corrected chi connectivity index (χ1v) is 8.83. The van der Waals surface area contributed by atoms with E-state index in [0.717, 1.165) is 31.6 Å². The Morgan fingerprint density at radius 2 is 1.76 bits per heavy atom. The number of aliphatic hydroxyl groups excluding tert-OH is 1. The SMILES string of the molecule is C[C@]12CCC(=O)OC1CC[C@@H]1[C@@H]2CC[C@]2(C)C(O)CC[C@@H]12. The van der Waals surface area contributed by atoms with E-state index in [0.29, 0.717) is 18.3 Å². The Kier molecular flexibility index (Phi) is 2.99. The van der Waals surface area contributed by atoms with Crippen LogP contribution in [0, 0.1) is 28.6 Å². The molecule has 1 saturated heterocycles. The second kappa shape index (κ2) is 4.47. The predicted molar refractivity (Wildman–Crippen MR) is 79.5 cm³/mol. The number of hydrogen-bond donors (Lipinski definition) is 1. The smallest absolute Gasteiger partial charge is 0.306 e. The van der Waals surface area contributed by atoms with E-state index >= 15 is 0 Å². The first kappa shape index (κ1) is 14.0. The van der Waals surface area contributed by atoms with E-state index in [-0.39, 0.29) is 29.0 Å². The van der Waals surface area contributed by atoms with Crippen molar-refractivity contribution in [3.8, 4) is 0 Å². The summed E-state index contributed by atoms with van der Waals surface area (Å²) in [6, 6.07) is 0. The van der Waals surface area contributed by atoms with Crippen molar-refractivity contribution in [2.45, 2.75) is 77.4 Å². The molecule has 1 heterocycles. The fourth-order valence-corrected chi connectivity index (χ4v) is 6.52. The standard InChI is InChI=1S/C18H28O3/c1-17-9-7-13-11(12(17)4-5-14(17)19)3-6-15-18(13,2)10-8-16(20)21-15/h11-15,19H,3-10H2,1-2H3/t11-,12-,13-,14?,15?,17-,18+/m0/s1. The molecule has 21 heavy (non-hydrogen) atoms. The van der Waals surface area contributed by atoms with E-state index in [1.165, 1.54) is 19.3 Å². The molecule has 3 nitrogen and oxygen atoms in total. The highest BCUT2D eigenvalue weighted by molar-refractivity contribution is 5.70. The van der Waals surface area contributed by atoms with Crippen LogP contribution >= 0.6 is 0 Å². The molecule has 0 bridgehead atoms. The van der Waals surface area contributed by atoms with Gasteiger partial charge < -0.3 is 9.84 Å². The zero-order valence-corrected chi connectivity index (χ0v) is 13.3. The number of aliphatic hydroxyl groups is 1. The van der Waals surface area contributed by atoms with E-state index in [2.05, 4.69) is 13.8 Å². The van der Waals surface area contributed by atoms with Crippen molar-refractivity contribution in [2.24, 2.45) is 28.6 Å². The molecule has 2 unspecified atom stereocenters. The summed E-state index contributed by atoms with van der Waals surface area (Å²) in [5.41, 5.74) is 0.335. The van der Waals surface area contributed by atoms with Gasteiger partial charge in [0.1, 0.15) is 6.10 Å². The zero-order valence-electron chi connectivity index (χ0n) is 13.3. The fourth-order valence-electron chi connectivity index (χ4n) is 6.52. The minimum atomic E-state index is -0.0989. The summed E-state index contributed by atoms with van der Waals surface area (Å²) in [6.45, 7) is 4.69. The Morgan fingerprint density at radius 1 is 1.00 bits per heavy atom. The first-order chi connectivity index (χ1) is 9.95. The Hall–Kier alpha value is -0.570. The average molecular weight is 292 g/mol. The highest BCUT2D eigenvalue weighted by Gasteiger charge is 2.60. The Morgan fingerprint density at radius 3 is 2.57 bits per heavy atom. The number of carbonyl (C=O) groups excluding carboxylic acids is 1. The van der Waals surface area contributed by atoms with Gasteiger partial charge in [0.25, 0.3) is 0 Å². The molecule has 0 aromatic rings. The Balaban J connectivity index is 1.64. The van der Waals surface area contributed by atoms with E-state index in [4.69, 9.17) is 4.74 Å². The van der Waals surface area contributed by atoms with Crippen LogP contribution in [0.5, 0.6) is 0 Å². The highest BCUT2D eigenvalue weighted by Crippen LogP contribution is 2.64. The van der Waals surface area contributed by atoms with Crippen LogP contribution in [-0.2, 0) is 9.53 Å². The highest BCUT2D eigenvalue weighted by atomic mass is 16.5. The molecular weight excluding hydrogens is 264 g/mol. The first-order valence-electron chi connectivity index (χ1n) is 8.83. The molecule has 0 amide bonds. The second-order valence-electron chi connectivity index (χ2n) is 8.58. The second-order valence-corrected chi connectivity index (χ2v) is 8.58. The van der Waals surface area contributed by atoms with Gasteiger partial charge >= 0.3 is 5.97 Å². The van der Waals surface area contributed by atoms with Crippen LogP contribution in [0.3, 0.4) is 0 Å². The fraction of sp³-hybridized carbons (Fsp3) is 0.944. The molecule has 0 spiro atoms. The molecule has 0 radical (unpaired) electrons. The van der Waals surface area contributed by atoms with E-state index in [9.17, 15) is 9.90 Å². The van der Waals surface area contributed by atoms with Crippen LogP contribution in [0.25, 0.3) is 0 Å². The number of hydrogen-bond acceptors (Lipinski definition) is 3. The third kappa shape index (κ3) is 1.79. The van der Waals surface area contributed by atoms with Gasteiger partial charge in [0.05, 0.1) is 6.10 Å². The quantitative estimate of drug-likeness (QED) is 0.697. The van der Waals surface area contributed by atoms with Gasteiger partial charge in [-0.05, 0) is 68.1 Å². The molecule has 4 rings (SSSR count). The lowest BCUT2D eigenvalue weighted by atomic mass is 9.48. The van der Waals surface area contributed by atoms with Gasteiger partial charge in [0.2, 0.25) is 0 Å². The summed E-state index contributed by atoms with van der Waals surface area (Å²) in [5.74, 6) is 2.11. The topological polar surface area (TPSA) is 46.5 Å². The Labute approximate surface area is 127 Å². The van der Waals surface area contributed by atoms with Crippen LogP contribution in [0.2, 0.25) is 0 Å². The summed E-state index contributed by atoms with van der Waals surface area (Å²) < 4.78 is 5.71. The molecule has 0 aromatic heterocycles. The normalized spacial score (nSPS) is 56.1. The molecule has 1 aliphatic heterocycles. The molecule has 1 N–H and O–H groups in total. The molecule has 3 heteroatoms. The van der Waals surface area contributed by atoms with E-state index in [1.807, 2.05) is 0 Å². The van der Waals surface area contributed by atoms with Crippen LogP contribution in [0.1, 0.15) is 65.2 Å². The summed E-state index contributed by atoms with van der Waals surface area (Å²) in [7, 11) is 0. The van der Waals surface area contributed by atoms with Crippen molar-refractivity contribution in [2.75, 3.05) is 0 Å². The third-order valence-corrected chi connectivity index (χ3v) is 7.87. The molecule has 118 valence electrons. The zero-order chi connectivity index (χ0) is 14.8. The largest absolute Gasteiger partial charge is 0.462 e. The molecule has 3 aliphatic carbocycles.